The Kier molecular flexibility index (Phi) is 2.91. The van der Waals surface area contributed by atoms with E-state index in [4.69, 9.17) is 9.47 Å². The maximum atomic E-state index is 11.1. The molecule has 0 unspecified atom stereocenters. The van der Waals surface area contributed by atoms with Crippen LogP contribution in [0.5, 0.6) is 0 Å². The number of esters is 1. The van der Waals surface area contributed by atoms with E-state index < -0.39 is 0 Å². The van der Waals surface area contributed by atoms with Gasteiger partial charge in [-0.15, -0.1) is 0 Å². The first-order valence-electron chi connectivity index (χ1n) is 7.50. The van der Waals surface area contributed by atoms with Crippen LogP contribution >= 0.6 is 0 Å². The predicted octanol–water partition coefficient (Wildman–Crippen LogP) is 3.40. The van der Waals surface area contributed by atoms with Crippen LogP contribution in [0.25, 0.3) is 0 Å². The average Bonchev–Trinajstić information content (AvgIpc) is 2.73. The summed E-state index contributed by atoms with van der Waals surface area (Å²) in [6.45, 7) is 8.62. The van der Waals surface area contributed by atoms with Gasteiger partial charge in [-0.3, -0.25) is 4.79 Å². The summed E-state index contributed by atoms with van der Waals surface area (Å²) in [6, 6.07) is 0. The number of ether oxygens (including phenoxy) is 2. The number of rotatable bonds is 2. The van der Waals surface area contributed by atoms with Crippen LogP contribution in [0.15, 0.2) is 23.8 Å². The second-order valence-electron chi connectivity index (χ2n) is 7.33. The summed E-state index contributed by atoms with van der Waals surface area (Å²) in [4.78, 5) is 11.1. The molecule has 0 amide bonds. The summed E-state index contributed by atoms with van der Waals surface area (Å²) < 4.78 is 11.8. The molecule has 3 rings (SSSR count). The van der Waals surface area contributed by atoms with E-state index in [1.807, 2.05) is 0 Å². The SMILES string of the molecule is CC(=O)OC/C1=C\C=C/[C@@]2(C)CC[C@]3(O2)[C@@H]1CC3(C)C. The van der Waals surface area contributed by atoms with Gasteiger partial charge in [0.15, 0.2) is 0 Å². The molecule has 0 N–H and O–H groups in total. The van der Waals surface area contributed by atoms with Crippen LogP contribution in [0.3, 0.4) is 0 Å². The van der Waals surface area contributed by atoms with Crippen molar-refractivity contribution in [3.8, 4) is 0 Å². The molecule has 2 bridgehead atoms. The van der Waals surface area contributed by atoms with Gasteiger partial charge in [-0.1, -0.05) is 32.1 Å². The molecule has 0 aromatic rings. The highest BCUT2D eigenvalue weighted by Crippen LogP contribution is 2.65. The largest absolute Gasteiger partial charge is 0.461 e. The molecule has 0 radical (unpaired) electrons. The first-order valence-corrected chi connectivity index (χ1v) is 7.50. The topological polar surface area (TPSA) is 35.5 Å². The Morgan fingerprint density at radius 1 is 1.40 bits per heavy atom. The van der Waals surface area contributed by atoms with E-state index >= 15 is 0 Å². The third-order valence-electron chi connectivity index (χ3n) is 5.48. The molecule has 1 spiro atoms. The van der Waals surface area contributed by atoms with E-state index in [9.17, 15) is 4.79 Å². The summed E-state index contributed by atoms with van der Waals surface area (Å²) >= 11 is 0. The number of carbonyl (C=O) groups is 1. The fourth-order valence-electron chi connectivity index (χ4n) is 4.24. The molecule has 1 saturated carbocycles. The van der Waals surface area contributed by atoms with Crippen LogP contribution in [0.1, 0.15) is 47.0 Å². The van der Waals surface area contributed by atoms with Crippen molar-refractivity contribution in [3.63, 3.8) is 0 Å². The maximum absolute atomic E-state index is 11.1. The van der Waals surface area contributed by atoms with Crippen LogP contribution in [-0.2, 0) is 14.3 Å². The zero-order valence-electron chi connectivity index (χ0n) is 12.9. The number of allylic oxidation sites excluding steroid dienone is 2. The Morgan fingerprint density at radius 3 is 2.80 bits per heavy atom. The summed E-state index contributed by atoms with van der Waals surface area (Å²) in [7, 11) is 0. The minimum Gasteiger partial charge on any atom is -0.461 e. The van der Waals surface area contributed by atoms with E-state index in [-0.39, 0.29) is 22.6 Å². The molecule has 0 aromatic carbocycles. The fraction of sp³-hybridized carbons (Fsp3) is 0.706. The molecule has 2 aliphatic heterocycles. The molecular weight excluding hydrogens is 252 g/mol. The molecular formula is C17H24O3. The zero-order valence-corrected chi connectivity index (χ0v) is 12.9. The molecule has 3 heteroatoms. The molecule has 3 aliphatic rings. The lowest BCUT2D eigenvalue weighted by atomic mass is 9.49. The van der Waals surface area contributed by atoms with E-state index in [1.165, 1.54) is 12.5 Å². The molecule has 110 valence electrons. The van der Waals surface area contributed by atoms with Gasteiger partial charge in [0.05, 0.1) is 11.2 Å². The molecule has 1 saturated heterocycles. The van der Waals surface area contributed by atoms with Crippen LogP contribution in [-0.4, -0.2) is 23.8 Å². The lowest BCUT2D eigenvalue weighted by Crippen LogP contribution is -2.63. The summed E-state index contributed by atoms with van der Waals surface area (Å²) in [5.41, 5.74) is 1.16. The third-order valence-corrected chi connectivity index (χ3v) is 5.48. The van der Waals surface area contributed by atoms with E-state index in [0.29, 0.717) is 12.5 Å². The van der Waals surface area contributed by atoms with Crippen molar-refractivity contribution in [3.05, 3.63) is 23.8 Å². The van der Waals surface area contributed by atoms with Crippen molar-refractivity contribution in [1.82, 2.24) is 0 Å². The van der Waals surface area contributed by atoms with Crippen LogP contribution in [0, 0.1) is 11.3 Å². The van der Waals surface area contributed by atoms with Gasteiger partial charge >= 0.3 is 5.97 Å². The monoisotopic (exact) mass is 276 g/mol. The van der Waals surface area contributed by atoms with Crippen LogP contribution in [0.2, 0.25) is 0 Å². The van der Waals surface area contributed by atoms with Crippen LogP contribution < -0.4 is 0 Å². The predicted molar refractivity (Wildman–Crippen MR) is 77.2 cm³/mol. The summed E-state index contributed by atoms with van der Waals surface area (Å²) in [5.74, 6) is 0.158. The number of hydrogen-bond acceptors (Lipinski definition) is 3. The Bertz CT molecular complexity index is 502. The second kappa shape index (κ2) is 4.20. The van der Waals surface area contributed by atoms with Gasteiger partial charge in [0.1, 0.15) is 6.61 Å². The maximum Gasteiger partial charge on any atom is 0.302 e. The first kappa shape index (κ1) is 13.9. The minimum atomic E-state index is -0.221. The van der Waals surface area contributed by atoms with Crippen molar-refractivity contribution in [2.75, 3.05) is 6.61 Å². The molecule has 3 nitrogen and oxygen atoms in total. The highest BCUT2D eigenvalue weighted by molar-refractivity contribution is 5.66. The standard InChI is InChI=1S/C17H24O3/c1-12(18)19-11-13-6-5-7-16(4)8-9-17(20-16)14(13)10-15(17,2)3/h5-7,14H,8-11H2,1-4H3/b7-5-,13-6+/t14-,16+,17+/m1/s1. The van der Waals surface area contributed by atoms with Gasteiger partial charge in [-0.25, -0.2) is 0 Å². The van der Waals surface area contributed by atoms with E-state index in [1.54, 1.807) is 0 Å². The molecule has 1 aliphatic carbocycles. The Labute approximate surface area is 121 Å². The molecule has 3 atom stereocenters. The Morgan fingerprint density at radius 2 is 2.15 bits per heavy atom. The fourth-order valence-corrected chi connectivity index (χ4v) is 4.24. The molecule has 0 aromatic heterocycles. The zero-order chi connectivity index (χ0) is 14.6. The van der Waals surface area contributed by atoms with Crippen molar-refractivity contribution >= 4 is 5.97 Å². The van der Waals surface area contributed by atoms with Crippen LogP contribution in [0.4, 0.5) is 0 Å². The summed E-state index contributed by atoms with van der Waals surface area (Å²) in [6.07, 6.45) is 9.61. The van der Waals surface area contributed by atoms with Gasteiger partial charge in [-0.05, 0) is 37.2 Å². The summed E-state index contributed by atoms with van der Waals surface area (Å²) in [5, 5.41) is 0. The number of fused-ring (bicyclic) bond motifs is 1. The van der Waals surface area contributed by atoms with Gasteiger partial charge < -0.3 is 9.47 Å². The molecule has 2 heterocycles. The lowest BCUT2D eigenvalue weighted by molar-refractivity contribution is -0.227. The Balaban J connectivity index is 1.93. The number of carbonyl (C=O) groups excluding carboxylic acids is 1. The van der Waals surface area contributed by atoms with Crippen molar-refractivity contribution < 1.29 is 14.3 Å². The normalized spacial score (nSPS) is 45.2. The van der Waals surface area contributed by atoms with Gasteiger partial charge in [-0.2, -0.15) is 0 Å². The van der Waals surface area contributed by atoms with Crippen molar-refractivity contribution in [2.24, 2.45) is 11.3 Å². The highest BCUT2D eigenvalue weighted by atomic mass is 16.5. The Hall–Kier alpha value is -1.09. The van der Waals surface area contributed by atoms with E-state index in [2.05, 4.69) is 39.0 Å². The second-order valence-corrected chi connectivity index (χ2v) is 7.33. The van der Waals surface area contributed by atoms with Crippen molar-refractivity contribution in [2.45, 2.75) is 58.2 Å². The third kappa shape index (κ3) is 1.86. The van der Waals surface area contributed by atoms with Gasteiger partial charge in [0, 0.05) is 12.8 Å². The van der Waals surface area contributed by atoms with Gasteiger partial charge in [0.25, 0.3) is 0 Å². The first-order chi connectivity index (χ1) is 9.28. The van der Waals surface area contributed by atoms with Gasteiger partial charge in [0.2, 0.25) is 0 Å². The lowest BCUT2D eigenvalue weighted by Gasteiger charge is -2.61. The quantitative estimate of drug-likeness (QED) is 0.725. The highest BCUT2D eigenvalue weighted by Gasteiger charge is 2.66. The smallest absolute Gasteiger partial charge is 0.302 e. The van der Waals surface area contributed by atoms with E-state index in [0.717, 1.165) is 19.3 Å². The average molecular weight is 276 g/mol. The minimum absolute atomic E-state index is 0.0848. The molecule has 2 fully saturated rings. The van der Waals surface area contributed by atoms with Crippen molar-refractivity contribution in [1.29, 1.82) is 0 Å². The number of hydrogen-bond donors (Lipinski definition) is 0. The molecule has 20 heavy (non-hydrogen) atoms.